The molecule has 0 saturated carbocycles. The van der Waals surface area contributed by atoms with Gasteiger partial charge >= 0.3 is 0 Å². The maximum absolute atomic E-state index is 13.2. The summed E-state index contributed by atoms with van der Waals surface area (Å²) in [6.07, 6.45) is 1.17. The molecule has 1 saturated heterocycles. The Balaban J connectivity index is 2.14. The summed E-state index contributed by atoms with van der Waals surface area (Å²) in [4.78, 5) is 4.57. The first-order chi connectivity index (χ1) is 8.16. The molecule has 2 heterocycles. The maximum atomic E-state index is 13.2. The van der Waals surface area contributed by atoms with Gasteiger partial charge in [-0.3, -0.25) is 0 Å². The topological polar surface area (TPSA) is 29.9 Å². The Morgan fingerprint density at radius 1 is 1.47 bits per heavy atom. The molecule has 4 heteroatoms. The van der Waals surface area contributed by atoms with Gasteiger partial charge in [-0.2, -0.15) is 0 Å². The molecule has 1 N–H and O–H groups in total. The van der Waals surface area contributed by atoms with E-state index in [-0.39, 0.29) is 11.9 Å². The van der Waals surface area contributed by atoms with Crippen LogP contribution in [0.2, 0.25) is 0 Å². The van der Waals surface area contributed by atoms with Crippen LogP contribution in [0.5, 0.6) is 0 Å². The minimum Gasteiger partial charge on any atom is -0.330 e. The van der Waals surface area contributed by atoms with Gasteiger partial charge in [-0.05, 0) is 31.0 Å². The first-order valence-corrected chi connectivity index (χ1v) is 6.02. The molecule has 90 valence electrons. The lowest BCUT2D eigenvalue weighted by Gasteiger charge is -2.15. The van der Waals surface area contributed by atoms with Gasteiger partial charge in [-0.25, -0.2) is 9.37 Å². The van der Waals surface area contributed by atoms with Crippen LogP contribution in [-0.2, 0) is 7.05 Å². The van der Waals surface area contributed by atoms with Crippen LogP contribution in [0.1, 0.15) is 25.2 Å². The molecule has 1 aliphatic heterocycles. The fourth-order valence-corrected chi connectivity index (χ4v) is 2.65. The van der Waals surface area contributed by atoms with Crippen molar-refractivity contribution in [3.63, 3.8) is 0 Å². The zero-order valence-corrected chi connectivity index (χ0v) is 10.1. The van der Waals surface area contributed by atoms with Crippen molar-refractivity contribution >= 4 is 11.0 Å². The van der Waals surface area contributed by atoms with Gasteiger partial charge in [0.1, 0.15) is 11.6 Å². The first-order valence-electron chi connectivity index (χ1n) is 6.02. The number of rotatable bonds is 1. The highest BCUT2D eigenvalue weighted by Gasteiger charge is 2.28. The van der Waals surface area contributed by atoms with Gasteiger partial charge in [0.15, 0.2) is 0 Å². The van der Waals surface area contributed by atoms with Gasteiger partial charge in [-0.15, -0.1) is 0 Å². The largest absolute Gasteiger partial charge is 0.330 e. The van der Waals surface area contributed by atoms with E-state index in [1.165, 1.54) is 18.6 Å². The summed E-state index contributed by atoms with van der Waals surface area (Å²) in [6.45, 7) is 3.26. The van der Waals surface area contributed by atoms with Crippen molar-refractivity contribution < 1.29 is 4.39 Å². The Hall–Kier alpha value is -1.42. The van der Waals surface area contributed by atoms with Crippen LogP contribution in [0, 0.1) is 11.7 Å². The van der Waals surface area contributed by atoms with Gasteiger partial charge in [0.25, 0.3) is 0 Å². The van der Waals surface area contributed by atoms with Crippen molar-refractivity contribution in [3.05, 3.63) is 29.8 Å². The van der Waals surface area contributed by atoms with E-state index >= 15 is 0 Å². The summed E-state index contributed by atoms with van der Waals surface area (Å²) in [5.74, 6) is 1.36. The predicted octanol–water partition coefficient (Wildman–Crippen LogP) is 2.38. The molecule has 0 amide bonds. The maximum Gasteiger partial charge on any atom is 0.127 e. The van der Waals surface area contributed by atoms with Crippen LogP contribution in [0.15, 0.2) is 18.2 Å². The monoisotopic (exact) mass is 233 g/mol. The van der Waals surface area contributed by atoms with Gasteiger partial charge in [0.2, 0.25) is 0 Å². The van der Waals surface area contributed by atoms with Gasteiger partial charge < -0.3 is 9.88 Å². The molecule has 2 aromatic rings. The standard InChI is InChI=1S/C13H16FN3/c1-8-5-6-15-12(8)13-16-10-7-9(14)3-4-11(10)17(13)2/h3-4,7-8,12,15H,5-6H2,1-2H3. The number of nitrogens with one attached hydrogen (secondary N) is 1. The van der Waals surface area contributed by atoms with Crippen LogP contribution in [0.25, 0.3) is 11.0 Å². The summed E-state index contributed by atoms with van der Waals surface area (Å²) in [5, 5.41) is 3.46. The third kappa shape index (κ3) is 1.63. The van der Waals surface area contributed by atoms with Crippen molar-refractivity contribution in [2.45, 2.75) is 19.4 Å². The Morgan fingerprint density at radius 2 is 2.29 bits per heavy atom. The first kappa shape index (κ1) is 10.7. The number of halogens is 1. The highest BCUT2D eigenvalue weighted by Crippen LogP contribution is 2.30. The van der Waals surface area contributed by atoms with Crippen LogP contribution in [0.3, 0.4) is 0 Å². The minimum atomic E-state index is -0.227. The molecule has 0 bridgehead atoms. The van der Waals surface area contributed by atoms with Crippen LogP contribution < -0.4 is 5.32 Å². The number of hydrogen-bond acceptors (Lipinski definition) is 2. The zero-order valence-electron chi connectivity index (χ0n) is 10.1. The van der Waals surface area contributed by atoms with Crippen molar-refractivity contribution in [2.24, 2.45) is 13.0 Å². The molecule has 3 nitrogen and oxygen atoms in total. The van der Waals surface area contributed by atoms with Crippen molar-refractivity contribution in [1.82, 2.24) is 14.9 Å². The Labute approximate surface area is 99.7 Å². The number of aryl methyl sites for hydroxylation is 1. The SMILES string of the molecule is CC1CCNC1c1nc2cc(F)ccc2n1C. The van der Waals surface area contributed by atoms with E-state index in [9.17, 15) is 4.39 Å². The average molecular weight is 233 g/mol. The van der Waals surface area contributed by atoms with Crippen molar-refractivity contribution in [2.75, 3.05) is 6.54 Å². The molecule has 2 unspecified atom stereocenters. The molecule has 1 aliphatic rings. The smallest absolute Gasteiger partial charge is 0.127 e. The minimum absolute atomic E-state index is 0.227. The predicted molar refractivity (Wildman–Crippen MR) is 65.2 cm³/mol. The number of aromatic nitrogens is 2. The quantitative estimate of drug-likeness (QED) is 0.819. The number of fused-ring (bicyclic) bond motifs is 1. The Kier molecular flexibility index (Phi) is 2.40. The van der Waals surface area contributed by atoms with Crippen LogP contribution in [0.4, 0.5) is 4.39 Å². The highest BCUT2D eigenvalue weighted by molar-refractivity contribution is 5.76. The average Bonchev–Trinajstić information content (AvgIpc) is 2.83. The fraction of sp³-hybridized carbons (Fsp3) is 0.462. The lowest BCUT2D eigenvalue weighted by molar-refractivity contribution is 0.469. The Bertz CT molecular complexity index is 561. The normalized spacial score (nSPS) is 24.6. The van der Waals surface area contributed by atoms with E-state index < -0.39 is 0 Å². The second-order valence-electron chi connectivity index (χ2n) is 4.86. The molecule has 0 spiro atoms. The zero-order chi connectivity index (χ0) is 12.0. The summed E-state index contributed by atoms with van der Waals surface area (Å²) in [7, 11) is 2.00. The summed E-state index contributed by atoms with van der Waals surface area (Å²) in [5.41, 5.74) is 1.73. The van der Waals surface area contributed by atoms with E-state index in [4.69, 9.17) is 0 Å². The molecule has 2 atom stereocenters. The van der Waals surface area contributed by atoms with Crippen LogP contribution >= 0.6 is 0 Å². The third-order valence-electron chi connectivity index (χ3n) is 3.69. The second-order valence-corrected chi connectivity index (χ2v) is 4.86. The van der Waals surface area contributed by atoms with E-state index in [0.29, 0.717) is 5.92 Å². The number of benzene rings is 1. The Morgan fingerprint density at radius 3 is 3.00 bits per heavy atom. The second kappa shape index (κ2) is 3.81. The van der Waals surface area contributed by atoms with E-state index in [0.717, 1.165) is 23.4 Å². The number of imidazole rings is 1. The lowest BCUT2D eigenvalue weighted by atomic mass is 10.0. The van der Waals surface area contributed by atoms with Crippen molar-refractivity contribution in [1.29, 1.82) is 0 Å². The molecule has 3 rings (SSSR count). The molecule has 0 radical (unpaired) electrons. The van der Waals surface area contributed by atoms with E-state index in [2.05, 4.69) is 21.8 Å². The number of nitrogens with zero attached hydrogens (tertiary/aromatic N) is 2. The van der Waals surface area contributed by atoms with Gasteiger partial charge in [0, 0.05) is 13.1 Å². The van der Waals surface area contributed by atoms with E-state index in [1.54, 1.807) is 6.07 Å². The summed E-state index contributed by atoms with van der Waals surface area (Å²) < 4.78 is 15.2. The highest BCUT2D eigenvalue weighted by atomic mass is 19.1. The van der Waals surface area contributed by atoms with Crippen LogP contribution in [-0.4, -0.2) is 16.1 Å². The molecule has 1 aromatic carbocycles. The summed E-state index contributed by atoms with van der Waals surface area (Å²) >= 11 is 0. The van der Waals surface area contributed by atoms with Crippen molar-refractivity contribution in [3.8, 4) is 0 Å². The number of hydrogen-bond donors (Lipinski definition) is 1. The summed E-state index contributed by atoms with van der Waals surface area (Å²) in [6, 6.07) is 5.06. The van der Waals surface area contributed by atoms with Gasteiger partial charge in [-0.1, -0.05) is 6.92 Å². The molecule has 1 aromatic heterocycles. The van der Waals surface area contributed by atoms with Gasteiger partial charge in [0.05, 0.1) is 17.1 Å². The fourth-order valence-electron chi connectivity index (χ4n) is 2.65. The molecule has 0 aliphatic carbocycles. The third-order valence-corrected chi connectivity index (χ3v) is 3.69. The molecule has 1 fully saturated rings. The lowest BCUT2D eigenvalue weighted by Crippen LogP contribution is -2.20. The molecule has 17 heavy (non-hydrogen) atoms. The molecular formula is C13H16FN3. The van der Waals surface area contributed by atoms with E-state index in [1.807, 2.05) is 7.05 Å². The molecular weight excluding hydrogens is 217 g/mol.